The van der Waals surface area contributed by atoms with Gasteiger partial charge in [-0.15, -0.1) is 11.3 Å². The maximum absolute atomic E-state index is 11.9. The monoisotopic (exact) mass is 418 g/mol. The van der Waals surface area contributed by atoms with Gasteiger partial charge in [0.15, 0.2) is 0 Å². The maximum atomic E-state index is 11.9. The molecule has 0 aliphatic heterocycles. The molecule has 2 aromatic heterocycles. The molecule has 1 amide bonds. The minimum atomic E-state index is -0.424. The van der Waals surface area contributed by atoms with Gasteiger partial charge in [-0.3, -0.25) is 4.79 Å². The fraction of sp³-hybridized carbons (Fsp3) is 0.200. The maximum Gasteiger partial charge on any atom is 0.252 e. The zero-order valence-electron chi connectivity index (χ0n) is 14.3. The van der Waals surface area contributed by atoms with Crippen molar-refractivity contribution in [1.82, 2.24) is 0 Å². The molecule has 138 valence electrons. The van der Waals surface area contributed by atoms with Crippen LogP contribution in [0.25, 0.3) is 11.3 Å². The van der Waals surface area contributed by atoms with E-state index in [1.165, 1.54) is 16.2 Å². The minimum Gasteiger partial charge on any atom is -0.455 e. The van der Waals surface area contributed by atoms with E-state index in [9.17, 15) is 4.79 Å². The van der Waals surface area contributed by atoms with Gasteiger partial charge >= 0.3 is 0 Å². The van der Waals surface area contributed by atoms with Gasteiger partial charge in [-0.05, 0) is 55.5 Å². The van der Waals surface area contributed by atoms with E-state index >= 15 is 0 Å². The van der Waals surface area contributed by atoms with E-state index in [1.54, 1.807) is 18.3 Å². The number of thiophene rings is 1. The topological polar surface area (TPSA) is 68.6 Å². The van der Waals surface area contributed by atoms with E-state index in [2.05, 4.69) is 4.99 Å². The Bertz CT molecular complexity index is 1050. The Labute approximate surface area is 170 Å². The lowest BCUT2D eigenvalue weighted by molar-refractivity contribution is 0.100. The van der Waals surface area contributed by atoms with Gasteiger partial charge in [-0.25, -0.2) is 4.99 Å². The summed E-state index contributed by atoms with van der Waals surface area (Å²) < 4.78 is 5.83. The predicted molar refractivity (Wildman–Crippen MR) is 111 cm³/mol. The summed E-state index contributed by atoms with van der Waals surface area (Å²) in [5.74, 6) is 0.736. The Morgan fingerprint density at radius 2 is 2.00 bits per heavy atom. The van der Waals surface area contributed by atoms with Crippen molar-refractivity contribution in [3.8, 4) is 11.3 Å². The van der Waals surface area contributed by atoms with E-state index in [-0.39, 0.29) is 0 Å². The Kier molecular flexibility index (Phi) is 5.08. The van der Waals surface area contributed by atoms with Crippen LogP contribution in [0, 0.1) is 0 Å². The van der Waals surface area contributed by atoms with Crippen molar-refractivity contribution in [3.63, 3.8) is 0 Å². The molecule has 2 N–H and O–H groups in total. The fourth-order valence-corrected chi connectivity index (χ4v) is 4.91. The van der Waals surface area contributed by atoms with Crippen molar-refractivity contribution >= 4 is 51.7 Å². The minimum absolute atomic E-state index is 0.424. The zero-order valence-corrected chi connectivity index (χ0v) is 16.6. The Morgan fingerprint density at radius 1 is 1.19 bits per heavy atom. The smallest absolute Gasteiger partial charge is 0.252 e. The highest BCUT2D eigenvalue weighted by Crippen LogP contribution is 2.40. The highest BCUT2D eigenvalue weighted by Gasteiger charge is 2.23. The molecule has 3 aromatic rings. The van der Waals surface area contributed by atoms with Gasteiger partial charge in [0.2, 0.25) is 0 Å². The predicted octanol–water partition coefficient (Wildman–Crippen LogP) is 6.04. The second kappa shape index (κ2) is 7.50. The van der Waals surface area contributed by atoms with Crippen LogP contribution in [0.2, 0.25) is 10.0 Å². The van der Waals surface area contributed by atoms with Crippen molar-refractivity contribution in [3.05, 3.63) is 62.1 Å². The first kappa shape index (κ1) is 18.3. The summed E-state index contributed by atoms with van der Waals surface area (Å²) in [5.41, 5.74) is 7.94. The van der Waals surface area contributed by atoms with Crippen LogP contribution in [-0.2, 0) is 12.8 Å². The van der Waals surface area contributed by atoms with Crippen molar-refractivity contribution in [2.24, 2.45) is 10.7 Å². The van der Waals surface area contributed by atoms with E-state index in [4.69, 9.17) is 33.4 Å². The van der Waals surface area contributed by atoms with Crippen LogP contribution in [0.1, 0.15) is 39.4 Å². The number of fused-ring (bicyclic) bond motifs is 1. The van der Waals surface area contributed by atoms with Gasteiger partial charge in [0.25, 0.3) is 5.91 Å². The SMILES string of the molecule is NC(=O)c1c(N=Cc2ccc(-c3cccc(Cl)c3Cl)o2)sc2c1CCCC2. The van der Waals surface area contributed by atoms with Crippen LogP contribution in [0.4, 0.5) is 5.00 Å². The lowest BCUT2D eigenvalue weighted by Gasteiger charge is -2.10. The lowest BCUT2D eigenvalue weighted by Crippen LogP contribution is -2.14. The number of halogens is 2. The molecule has 0 spiro atoms. The summed E-state index contributed by atoms with van der Waals surface area (Å²) in [4.78, 5) is 17.6. The van der Waals surface area contributed by atoms with E-state index in [0.717, 1.165) is 31.2 Å². The Hall–Kier alpha value is -2.08. The van der Waals surface area contributed by atoms with Crippen LogP contribution >= 0.6 is 34.5 Å². The number of benzene rings is 1. The number of hydrogen-bond acceptors (Lipinski definition) is 4. The molecule has 2 heterocycles. The molecular formula is C20H16Cl2N2O2S. The largest absolute Gasteiger partial charge is 0.455 e. The van der Waals surface area contributed by atoms with Gasteiger partial charge in [-0.1, -0.05) is 29.3 Å². The number of amides is 1. The number of nitrogens with two attached hydrogens (primary N) is 1. The molecule has 1 aliphatic rings. The number of carbonyl (C=O) groups is 1. The van der Waals surface area contributed by atoms with Crippen molar-refractivity contribution in [2.75, 3.05) is 0 Å². The molecule has 0 unspecified atom stereocenters. The first-order chi connectivity index (χ1) is 13.0. The first-order valence-electron chi connectivity index (χ1n) is 8.57. The van der Waals surface area contributed by atoms with Crippen LogP contribution in [0.5, 0.6) is 0 Å². The zero-order chi connectivity index (χ0) is 19.0. The third kappa shape index (κ3) is 3.55. The van der Waals surface area contributed by atoms with Gasteiger partial charge in [0.1, 0.15) is 16.5 Å². The average Bonchev–Trinajstić information content (AvgIpc) is 3.26. The molecule has 1 aliphatic carbocycles. The number of primary amides is 1. The highest BCUT2D eigenvalue weighted by molar-refractivity contribution is 7.16. The fourth-order valence-electron chi connectivity index (χ4n) is 3.28. The van der Waals surface area contributed by atoms with Crippen LogP contribution in [0.15, 0.2) is 39.7 Å². The molecule has 4 nitrogen and oxygen atoms in total. The number of rotatable bonds is 4. The second-order valence-corrected chi connectivity index (χ2v) is 8.19. The van der Waals surface area contributed by atoms with Gasteiger partial charge in [0, 0.05) is 10.4 Å². The average molecular weight is 419 g/mol. The molecule has 7 heteroatoms. The molecule has 0 atom stereocenters. The second-order valence-electron chi connectivity index (χ2n) is 6.32. The van der Waals surface area contributed by atoms with Crippen LogP contribution in [-0.4, -0.2) is 12.1 Å². The van der Waals surface area contributed by atoms with Crippen molar-refractivity contribution in [2.45, 2.75) is 25.7 Å². The molecular weight excluding hydrogens is 403 g/mol. The van der Waals surface area contributed by atoms with E-state index in [1.807, 2.05) is 18.2 Å². The highest BCUT2D eigenvalue weighted by atomic mass is 35.5. The molecule has 4 rings (SSSR count). The van der Waals surface area contributed by atoms with Gasteiger partial charge < -0.3 is 10.2 Å². The van der Waals surface area contributed by atoms with Crippen LogP contribution in [0.3, 0.4) is 0 Å². The summed E-state index contributed by atoms with van der Waals surface area (Å²) in [6.07, 6.45) is 5.68. The number of carbonyl (C=O) groups excluding carboxylic acids is 1. The molecule has 1 aromatic carbocycles. The number of aryl methyl sites for hydroxylation is 1. The molecule has 27 heavy (non-hydrogen) atoms. The number of furan rings is 1. The summed E-state index contributed by atoms with van der Waals surface area (Å²) in [5, 5.41) is 1.56. The molecule has 0 radical (unpaired) electrons. The summed E-state index contributed by atoms with van der Waals surface area (Å²) in [6, 6.07) is 8.99. The quantitative estimate of drug-likeness (QED) is 0.524. The Morgan fingerprint density at radius 3 is 2.81 bits per heavy atom. The van der Waals surface area contributed by atoms with Crippen molar-refractivity contribution in [1.29, 1.82) is 0 Å². The number of aliphatic imine (C=N–C) groups is 1. The van der Waals surface area contributed by atoms with Crippen molar-refractivity contribution < 1.29 is 9.21 Å². The van der Waals surface area contributed by atoms with E-state index < -0.39 is 5.91 Å². The van der Waals surface area contributed by atoms with Gasteiger partial charge in [-0.2, -0.15) is 0 Å². The van der Waals surface area contributed by atoms with E-state index in [0.29, 0.717) is 37.7 Å². The molecule has 0 bridgehead atoms. The molecule has 0 saturated heterocycles. The number of nitrogens with zero attached hydrogens (tertiary/aromatic N) is 1. The van der Waals surface area contributed by atoms with Gasteiger partial charge in [0.05, 0.1) is 21.8 Å². The lowest BCUT2D eigenvalue weighted by atomic mass is 9.95. The van der Waals surface area contributed by atoms with Crippen LogP contribution < -0.4 is 5.73 Å². The molecule has 0 fully saturated rings. The Balaban J connectivity index is 1.65. The summed E-state index contributed by atoms with van der Waals surface area (Å²) in [7, 11) is 0. The standard InChI is InChI=1S/C20H16Cl2N2O2S/c21-14-6-3-5-12(18(14)22)15-9-8-11(26-15)10-24-20-17(19(23)25)13-4-1-2-7-16(13)27-20/h3,5-6,8-10H,1-2,4,7H2,(H2,23,25). The summed E-state index contributed by atoms with van der Waals surface area (Å²) in [6.45, 7) is 0. The summed E-state index contributed by atoms with van der Waals surface area (Å²) >= 11 is 13.9. The third-order valence-corrected chi connectivity index (χ3v) is 6.57. The third-order valence-electron chi connectivity index (χ3n) is 4.55. The number of hydrogen-bond donors (Lipinski definition) is 1. The molecule has 0 saturated carbocycles. The normalized spacial score (nSPS) is 13.9. The first-order valence-corrected chi connectivity index (χ1v) is 10.1.